The Kier molecular flexibility index (Phi) is 4.85. The van der Waals surface area contributed by atoms with Crippen molar-refractivity contribution in [1.82, 2.24) is 5.32 Å². The van der Waals surface area contributed by atoms with Crippen molar-refractivity contribution >= 4 is 0 Å². The molecule has 1 aliphatic rings. The van der Waals surface area contributed by atoms with Crippen molar-refractivity contribution in [1.29, 1.82) is 0 Å². The van der Waals surface area contributed by atoms with Gasteiger partial charge in [-0.15, -0.1) is 0 Å². The van der Waals surface area contributed by atoms with Crippen molar-refractivity contribution in [2.45, 2.75) is 51.2 Å². The molecule has 1 unspecified atom stereocenters. The van der Waals surface area contributed by atoms with Gasteiger partial charge < -0.3 is 15.8 Å². The van der Waals surface area contributed by atoms with E-state index in [0.29, 0.717) is 6.10 Å². The molecule has 1 atom stereocenters. The van der Waals surface area contributed by atoms with Gasteiger partial charge in [0, 0.05) is 18.7 Å². The van der Waals surface area contributed by atoms with Gasteiger partial charge in [-0.05, 0) is 46.1 Å². The van der Waals surface area contributed by atoms with Crippen molar-refractivity contribution in [3.8, 4) is 0 Å². The zero-order valence-corrected chi connectivity index (χ0v) is 9.51. The fourth-order valence-electron chi connectivity index (χ4n) is 1.64. The van der Waals surface area contributed by atoms with Gasteiger partial charge in [0.25, 0.3) is 0 Å². The van der Waals surface area contributed by atoms with E-state index in [2.05, 4.69) is 19.2 Å². The summed E-state index contributed by atoms with van der Waals surface area (Å²) in [4.78, 5) is 0. The molecule has 0 aromatic rings. The summed E-state index contributed by atoms with van der Waals surface area (Å²) < 4.78 is 5.62. The first-order chi connectivity index (χ1) is 6.58. The molecule has 1 rings (SSSR count). The van der Waals surface area contributed by atoms with E-state index in [9.17, 15) is 0 Å². The van der Waals surface area contributed by atoms with Crippen molar-refractivity contribution in [2.75, 3.05) is 19.7 Å². The molecule has 84 valence electrons. The second-order valence-corrected chi connectivity index (χ2v) is 4.93. The van der Waals surface area contributed by atoms with E-state index in [4.69, 9.17) is 10.5 Å². The van der Waals surface area contributed by atoms with Crippen LogP contribution < -0.4 is 11.1 Å². The quantitative estimate of drug-likeness (QED) is 0.657. The highest BCUT2D eigenvalue weighted by Crippen LogP contribution is 2.11. The van der Waals surface area contributed by atoms with Crippen molar-refractivity contribution in [3.63, 3.8) is 0 Å². The first kappa shape index (κ1) is 12.0. The minimum Gasteiger partial charge on any atom is -0.377 e. The second-order valence-electron chi connectivity index (χ2n) is 4.93. The zero-order chi connectivity index (χ0) is 10.4. The van der Waals surface area contributed by atoms with E-state index in [1.807, 2.05) is 0 Å². The van der Waals surface area contributed by atoms with Gasteiger partial charge in [0.1, 0.15) is 0 Å². The van der Waals surface area contributed by atoms with E-state index in [1.54, 1.807) is 0 Å². The monoisotopic (exact) mass is 200 g/mol. The average Bonchev–Trinajstić information content (AvgIpc) is 2.13. The van der Waals surface area contributed by atoms with Crippen LogP contribution >= 0.6 is 0 Å². The van der Waals surface area contributed by atoms with E-state index in [0.717, 1.165) is 26.1 Å². The molecule has 0 spiro atoms. The van der Waals surface area contributed by atoms with Crippen LogP contribution in [-0.2, 0) is 4.74 Å². The average molecular weight is 200 g/mol. The summed E-state index contributed by atoms with van der Waals surface area (Å²) in [5.74, 6) is 0. The van der Waals surface area contributed by atoms with Crippen LogP contribution in [0.5, 0.6) is 0 Å². The van der Waals surface area contributed by atoms with Crippen LogP contribution in [0.25, 0.3) is 0 Å². The molecule has 0 aromatic heterocycles. The molecular formula is C11H24N2O. The second kappa shape index (κ2) is 5.69. The maximum absolute atomic E-state index is 5.88. The third-order valence-corrected chi connectivity index (χ3v) is 2.59. The van der Waals surface area contributed by atoms with Crippen LogP contribution in [0.15, 0.2) is 0 Å². The molecule has 0 radical (unpaired) electrons. The number of hydrogen-bond acceptors (Lipinski definition) is 3. The normalized spacial score (nSPS) is 23.8. The molecule has 1 saturated heterocycles. The Morgan fingerprint density at radius 1 is 1.43 bits per heavy atom. The highest BCUT2D eigenvalue weighted by molar-refractivity contribution is 4.73. The molecule has 0 bridgehead atoms. The summed E-state index contributed by atoms with van der Waals surface area (Å²) in [6.07, 6.45) is 5.20. The Morgan fingerprint density at radius 2 is 2.21 bits per heavy atom. The molecule has 3 nitrogen and oxygen atoms in total. The minimum absolute atomic E-state index is 0.0551. The fraction of sp³-hybridized carbons (Fsp3) is 1.00. The lowest BCUT2D eigenvalue weighted by atomic mass is 10.0. The van der Waals surface area contributed by atoms with Gasteiger partial charge in [-0.2, -0.15) is 0 Å². The van der Waals surface area contributed by atoms with E-state index < -0.39 is 0 Å². The predicted molar refractivity (Wildman–Crippen MR) is 59.3 cm³/mol. The molecule has 3 heteroatoms. The van der Waals surface area contributed by atoms with Crippen LogP contribution in [0.3, 0.4) is 0 Å². The molecule has 14 heavy (non-hydrogen) atoms. The smallest absolute Gasteiger partial charge is 0.0699 e. The molecule has 3 N–H and O–H groups in total. The lowest BCUT2D eigenvalue weighted by Crippen LogP contribution is -2.38. The number of nitrogens with one attached hydrogen (secondary N) is 1. The molecule has 0 aliphatic carbocycles. The Bertz CT molecular complexity index is 148. The highest BCUT2D eigenvalue weighted by Gasteiger charge is 2.14. The third-order valence-electron chi connectivity index (χ3n) is 2.59. The van der Waals surface area contributed by atoms with Crippen LogP contribution in [0.4, 0.5) is 0 Å². The minimum atomic E-state index is -0.0551. The van der Waals surface area contributed by atoms with Crippen molar-refractivity contribution in [2.24, 2.45) is 5.73 Å². The summed E-state index contributed by atoms with van der Waals surface area (Å²) in [6.45, 7) is 7.03. The fourth-order valence-corrected chi connectivity index (χ4v) is 1.64. The van der Waals surface area contributed by atoms with Gasteiger partial charge in [-0.1, -0.05) is 0 Å². The van der Waals surface area contributed by atoms with E-state index >= 15 is 0 Å². The molecule has 0 amide bonds. The number of nitrogens with two attached hydrogens (primary N) is 1. The third kappa shape index (κ3) is 5.58. The van der Waals surface area contributed by atoms with Gasteiger partial charge >= 0.3 is 0 Å². The van der Waals surface area contributed by atoms with Crippen molar-refractivity contribution in [3.05, 3.63) is 0 Å². The SMILES string of the molecule is CC(C)(N)CCNCC1CCCCO1. The zero-order valence-electron chi connectivity index (χ0n) is 9.51. The Morgan fingerprint density at radius 3 is 2.79 bits per heavy atom. The summed E-state index contributed by atoms with van der Waals surface area (Å²) in [5.41, 5.74) is 5.83. The number of hydrogen-bond donors (Lipinski definition) is 2. The maximum atomic E-state index is 5.88. The van der Waals surface area contributed by atoms with Gasteiger partial charge in [0.15, 0.2) is 0 Å². The summed E-state index contributed by atoms with van der Waals surface area (Å²) in [7, 11) is 0. The molecular weight excluding hydrogens is 176 g/mol. The van der Waals surface area contributed by atoms with E-state index in [1.165, 1.54) is 19.3 Å². The highest BCUT2D eigenvalue weighted by atomic mass is 16.5. The van der Waals surface area contributed by atoms with Gasteiger partial charge in [-0.3, -0.25) is 0 Å². The summed E-state index contributed by atoms with van der Waals surface area (Å²) in [5, 5.41) is 3.41. The van der Waals surface area contributed by atoms with Crippen LogP contribution in [0.2, 0.25) is 0 Å². The predicted octanol–water partition coefficient (Wildman–Crippen LogP) is 1.27. The molecule has 0 aromatic carbocycles. The van der Waals surface area contributed by atoms with Crippen LogP contribution in [0.1, 0.15) is 39.5 Å². The molecule has 1 fully saturated rings. The Hall–Kier alpha value is -0.120. The molecule has 1 aliphatic heterocycles. The standard InChI is InChI=1S/C11H24N2O/c1-11(2,12)6-7-13-9-10-5-3-4-8-14-10/h10,13H,3-9,12H2,1-2H3. The Balaban J connectivity index is 1.97. The maximum Gasteiger partial charge on any atom is 0.0699 e. The summed E-state index contributed by atoms with van der Waals surface area (Å²) >= 11 is 0. The van der Waals surface area contributed by atoms with Gasteiger partial charge in [0.2, 0.25) is 0 Å². The largest absolute Gasteiger partial charge is 0.377 e. The van der Waals surface area contributed by atoms with Crippen LogP contribution in [-0.4, -0.2) is 31.3 Å². The number of ether oxygens (including phenoxy) is 1. The molecule has 0 saturated carbocycles. The summed E-state index contributed by atoms with van der Waals surface area (Å²) in [6, 6.07) is 0. The van der Waals surface area contributed by atoms with Gasteiger partial charge in [-0.25, -0.2) is 0 Å². The topological polar surface area (TPSA) is 47.3 Å². The van der Waals surface area contributed by atoms with E-state index in [-0.39, 0.29) is 5.54 Å². The first-order valence-electron chi connectivity index (χ1n) is 5.69. The van der Waals surface area contributed by atoms with Crippen LogP contribution in [0, 0.1) is 0 Å². The van der Waals surface area contributed by atoms with Gasteiger partial charge in [0.05, 0.1) is 6.10 Å². The molecule has 1 heterocycles. The lowest BCUT2D eigenvalue weighted by molar-refractivity contribution is 0.0169. The van der Waals surface area contributed by atoms with Crippen molar-refractivity contribution < 1.29 is 4.74 Å². The lowest BCUT2D eigenvalue weighted by Gasteiger charge is -2.24. The number of rotatable bonds is 5. The first-order valence-corrected chi connectivity index (χ1v) is 5.69. The Labute approximate surface area is 87.4 Å².